The number of sulfonamides is 1. The quantitative estimate of drug-likeness (QED) is 0.851. The van der Waals surface area contributed by atoms with Crippen molar-refractivity contribution >= 4 is 43.2 Å². The van der Waals surface area contributed by atoms with Gasteiger partial charge in [-0.05, 0) is 46.3 Å². The van der Waals surface area contributed by atoms with Gasteiger partial charge in [0.15, 0.2) is 0 Å². The Morgan fingerprint density at radius 2 is 1.95 bits per heavy atom. The van der Waals surface area contributed by atoms with Crippen molar-refractivity contribution in [2.24, 2.45) is 0 Å². The van der Waals surface area contributed by atoms with E-state index < -0.39 is 15.8 Å². The van der Waals surface area contributed by atoms with Crippen LogP contribution in [-0.4, -0.2) is 15.5 Å². The van der Waals surface area contributed by atoms with Gasteiger partial charge in [0.1, 0.15) is 16.5 Å². The molecule has 112 valence electrons. The first-order valence-electron chi connectivity index (χ1n) is 5.65. The SMILES string of the molecule is COc1ccc(Br)c(NS(=O)(=O)c2cc(F)ccc2Cl)c1. The number of nitrogens with one attached hydrogen (secondary N) is 1. The summed E-state index contributed by atoms with van der Waals surface area (Å²) in [6.07, 6.45) is 0. The van der Waals surface area contributed by atoms with E-state index in [-0.39, 0.29) is 15.6 Å². The van der Waals surface area contributed by atoms with Crippen molar-refractivity contribution in [1.82, 2.24) is 0 Å². The average molecular weight is 395 g/mol. The molecule has 2 rings (SSSR count). The van der Waals surface area contributed by atoms with Gasteiger partial charge < -0.3 is 4.74 Å². The molecule has 0 amide bonds. The van der Waals surface area contributed by atoms with Gasteiger partial charge in [-0.1, -0.05) is 11.6 Å². The van der Waals surface area contributed by atoms with Gasteiger partial charge in [-0.15, -0.1) is 0 Å². The summed E-state index contributed by atoms with van der Waals surface area (Å²) >= 11 is 9.05. The van der Waals surface area contributed by atoms with Crippen LogP contribution < -0.4 is 9.46 Å². The van der Waals surface area contributed by atoms with E-state index in [1.54, 1.807) is 12.1 Å². The molecule has 0 bridgehead atoms. The Kier molecular flexibility index (Phi) is 4.75. The van der Waals surface area contributed by atoms with Crippen LogP contribution in [0.25, 0.3) is 0 Å². The number of hydrogen-bond acceptors (Lipinski definition) is 3. The summed E-state index contributed by atoms with van der Waals surface area (Å²) in [5.74, 6) is -0.217. The van der Waals surface area contributed by atoms with Crippen molar-refractivity contribution < 1.29 is 17.5 Å². The molecule has 0 unspecified atom stereocenters. The van der Waals surface area contributed by atoms with Crippen LogP contribution in [0.15, 0.2) is 45.8 Å². The molecule has 2 aromatic rings. The smallest absolute Gasteiger partial charge is 0.263 e. The molecule has 0 aliphatic heterocycles. The second kappa shape index (κ2) is 6.21. The lowest BCUT2D eigenvalue weighted by atomic mass is 10.3. The van der Waals surface area contributed by atoms with Gasteiger partial charge in [0, 0.05) is 10.5 Å². The standard InChI is InChI=1S/C13H10BrClFNO3S/c1-20-9-3-4-10(14)12(7-9)17-21(18,19)13-6-8(16)2-5-11(13)15/h2-7,17H,1H3. The number of rotatable bonds is 4. The maximum atomic E-state index is 13.2. The number of anilines is 1. The minimum Gasteiger partial charge on any atom is -0.497 e. The summed E-state index contributed by atoms with van der Waals surface area (Å²) in [5, 5.41) is -0.0667. The van der Waals surface area contributed by atoms with Gasteiger partial charge in [0.25, 0.3) is 10.0 Å². The Morgan fingerprint density at radius 3 is 2.62 bits per heavy atom. The van der Waals surface area contributed by atoms with E-state index in [2.05, 4.69) is 20.7 Å². The minimum absolute atomic E-state index is 0.0667. The summed E-state index contributed by atoms with van der Waals surface area (Å²) in [6, 6.07) is 7.92. The molecular weight excluding hydrogens is 385 g/mol. The monoisotopic (exact) mass is 393 g/mol. The number of hydrogen-bond donors (Lipinski definition) is 1. The van der Waals surface area contributed by atoms with Crippen molar-refractivity contribution in [2.45, 2.75) is 4.90 Å². The van der Waals surface area contributed by atoms with E-state index >= 15 is 0 Å². The zero-order chi connectivity index (χ0) is 15.6. The molecule has 0 aliphatic rings. The predicted molar refractivity (Wildman–Crippen MR) is 82.9 cm³/mol. The molecule has 21 heavy (non-hydrogen) atoms. The minimum atomic E-state index is -4.02. The Balaban J connectivity index is 2.44. The molecule has 0 heterocycles. The fourth-order valence-corrected chi connectivity index (χ4v) is 3.65. The first-order valence-corrected chi connectivity index (χ1v) is 8.30. The van der Waals surface area contributed by atoms with Crippen molar-refractivity contribution in [2.75, 3.05) is 11.8 Å². The average Bonchev–Trinajstić information content (AvgIpc) is 2.43. The molecule has 8 heteroatoms. The molecule has 0 aromatic heterocycles. The second-order valence-electron chi connectivity index (χ2n) is 4.03. The molecule has 2 aromatic carbocycles. The fraction of sp³-hybridized carbons (Fsp3) is 0.0769. The van der Waals surface area contributed by atoms with Gasteiger partial charge in [0.2, 0.25) is 0 Å². The van der Waals surface area contributed by atoms with E-state index in [1.165, 1.54) is 19.2 Å². The first kappa shape index (κ1) is 16.1. The first-order chi connectivity index (χ1) is 9.83. The zero-order valence-electron chi connectivity index (χ0n) is 10.7. The molecule has 1 N–H and O–H groups in total. The van der Waals surface area contributed by atoms with Crippen LogP contribution in [0.5, 0.6) is 5.75 Å². The van der Waals surface area contributed by atoms with Gasteiger partial charge in [-0.25, -0.2) is 12.8 Å². The number of benzene rings is 2. The van der Waals surface area contributed by atoms with Crippen LogP contribution in [0.3, 0.4) is 0 Å². The normalized spacial score (nSPS) is 11.2. The largest absolute Gasteiger partial charge is 0.497 e. The number of ether oxygens (including phenoxy) is 1. The highest BCUT2D eigenvalue weighted by atomic mass is 79.9. The molecule has 0 spiro atoms. The Bertz CT molecular complexity index is 783. The van der Waals surface area contributed by atoms with Gasteiger partial charge in [-0.2, -0.15) is 0 Å². The van der Waals surface area contributed by atoms with Gasteiger partial charge >= 0.3 is 0 Å². The van der Waals surface area contributed by atoms with Crippen LogP contribution >= 0.6 is 27.5 Å². The second-order valence-corrected chi connectivity index (χ2v) is 6.94. The van der Waals surface area contributed by atoms with Gasteiger partial charge in [-0.3, -0.25) is 4.72 Å². The van der Waals surface area contributed by atoms with Crippen LogP contribution in [0.4, 0.5) is 10.1 Å². The lowest BCUT2D eigenvalue weighted by Gasteiger charge is -2.12. The summed E-state index contributed by atoms with van der Waals surface area (Å²) in [4.78, 5) is -0.334. The van der Waals surface area contributed by atoms with E-state index in [4.69, 9.17) is 16.3 Å². The van der Waals surface area contributed by atoms with Crippen molar-refractivity contribution in [3.8, 4) is 5.75 Å². The summed E-state index contributed by atoms with van der Waals surface area (Å²) in [7, 11) is -2.56. The van der Waals surface area contributed by atoms with Crippen LogP contribution in [0.2, 0.25) is 5.02 Å². The Labute approximate surface area is 135 Å². The van der Waals surface area contributed by atoms with Crippen molar-refractivity contribution in [3.63, 3.8) is 0 Å². The summed E-state index contributed by atoms with van der Waals surface area (Å²) in [6.45, 7) is 0. The number of methoxy groups -OCH3 is 1. The van der Waals surface area contributed by atoms with Crippen molar-refractivity contribution in [1.29, 1.82) is 0 Å². The summed E-state index contributed by atoms with van der Waals surface area (Å²) in [5.41, 5.74) is 0.259. The molecule has 0 aliphatic carbocycles. The van der Waals surface area contributed by atoms with E-state index in [0.29, 0.717) is 10.2 Å². The lowest BCUT2D eigenvalue weighted by molar-refractivity contribution is 0.415. The highest BCUT2D eigenvalue weighted by Gasteiger charge is 2.20. The van der Waals surface area contributed by atoms with Crippen molar-refractivity contribution in [3.05, 3.63) is 51.7 Å². The highest BCUT2D eigenvalue weighted by Crippen LogP contribution is 2.31. The van der Waals surface area contributed by atoms with Gasteiger partial charge in [0.05, 0.1) is 17.8 Å². The Morgan fingerprint density at radius 1 is 1.24 bits per heavy atom. The zero-order valence-corrected chi connectivity index (χ0v) is 13.9. The maximum absolute atomic E-state index is 13.2. The van der Waals surface area contributed by atoms with Crippen LogP contribution in [0, 0.1) is 5.82 Å². The molecule has 0 saturated heterocycles. The van der Waals surface area contributed by atoms with Crippen LogP contribution in [-0.2, 0) is 10.0 Å². The predicted octanol–water partition coefficient (Wildman–Crippen LogP) is 4.05. The third kappa shape index (κ3) is 3.66. The lowest BCUT2D eigenvalue weighted by Crippen LogP contribution is -2.14. The fourth-order valence-electron chi connectivity index (χ4n) is 1.59. The van der Waals surface area contributed by atoms with E-state index in [1.807, 2.05) is 0 Å². The molecule has 0 saturated carbocycles. The highest BCUT2D eigenvalue weighted by molar-refractivity contribution is 9.10. The maximum Gasteiger partial charge on any atom is 0.263 e. The van der Waals surface area contributed by atoms with E-state index in [9.17, 15) is 12.8 Å². The summed E-state index contributed by atoms with van der Waals surface area (Å²) < 4.78 is 45.7. The van der Waals surface area contributed by atoms with E-state index in [0.717, 1.165) is 12.1 Å². The Hall–Kier alpha value is -1.31. The number of halogens is 3. The third-order valence-electron chi connectivity index (χ3n) is 2.60. The third-order valence-corrected chi connectivity index (χ3v) is 5.14. The topological polar surface area (TPSA) is 55.4 Å². The molecular formula is C13H10BrClFNO3S. The molecule has 4 nitrogen and oxygen atoms in total. The molecule has 0 radical (unpaired) electrons. The molecule has 0 fully saturated rings. The molecule has 0 atom stereocenters. The van der Waals surface area contributed by atoms with Crippen LogP contribution in [0.1, 0.15) is 0 Å².